The van der Waals surface area contributed by atoms with E-state index < -0.39 is 25.2 Å². The third-order valence-electron chi connectivity index (χ3n) is 3.09. The summed E-state index contributed by atoms with van der Waals surface area (Å²) in [6.07, 6.45) is -1.83. The van der Waals surface area contributed by atoms with E-state index in [0.29, 0.717) is 17.9 Å². The summed E-state index contributed by atoms with van der Waals surface area (Å²) in [4.78, 5) is 25.4. The number of nitrogens with zero attached hydrogens (tertiary/aromatic N) is 2. The van der Waals surface area contributed by atoms with Crippen molar-refractivity contribution in [3.63, 3.8) is 0 Å². The van der Waals surface area contributed by atoms with Crippen molar-refractivity contribution in [2.75, 3.05) is 32.8 Å². The first-order valence-corrected chi connectivity index (χ1v) is 6.56. The van der Waals surface area contributed by atoms with Crippen molar-refractivity contribution < 1.29 is 27.9 Å². The van der Waals surface area contributed by atoms with Gasteiger partial charge in [-0.15, -0.1) is 0 Å². The van der Waals surface area contributed by atoms with Gasteiger partial charge in [-0.25, -0.2) is 0 Å². The summed E-state index contributed by atoms with van der Waals surface area (Å²) in [6, 6.07) is 0. The van der Waals surface area contributed by atoms with Gasteiger partial charge >= 0.3 is 6.18 Å². The highest BCUT2D eigenvalue weighted by atomic mass is 19.4. The Morgan fingerprint density at radius 3 is 2.60 bits per heavy atom. The third kappa shape index (κ3) is 5.77. The minimum atomic E-state index is -4.52. The summed E-state index contributed by atoms with van der Waals surface area (Å²) in [5.41, 5.74) is 0. The number of aliphatic hydroxyl groups excluding tert-OH is 1. The Morgan fingerprint density at radius 1 is 1.30 bits per heavy atom. The molecule has 0 bridgehead atoms. The molecule has 1 aliphatic heterocycles. The van der Waals surface area contributed by atoms with Crippen LogP contribution < -0.4 is 0 Å². The first-order valence-electron chi connectivity index (χ1n) is 6.56. The number of hydrogen-bond acceptors (Lipinski definition) is 3. The Hall–Kier alpha value is -1.31. The number of hydrogen-bond donors (Lipinski definition) is 1. The van der Waals surface area contributed by atoms with Gasteiger partial charge < -0.3 is 14.9 Å². The van der Waals surface area contributed by atoms with Crippen LogP contribution in [0.2, 0.25) is 0 Å². The number of aliphatic hydroxyl groups is 1. The fraction of sp³-hybridized carbons (Fsp3) is 0.833. The Kier molecular flexibility index (Phi) is 6.25. The lowest BCUT2D eigenvalue weighted by atomic mass is 10.2. The molecule has 1 heterocycles. The third-order valence-corrected chi connectivity index (χ3v) is 3.09. The Morgan fingerprint density at radius 2 is 2.00 bits per heavy atom. The van der Waals surface area contributed by atoms with E-state index in [2.05, 4.69) is 0 Å². The maximum absolute atomic E-state index is 12.4. The fourth-order valence-electron chi connectivity index (χ4n) is 2.10. The predicted octanol–water partition coefficient (Wildman–Crippen LogP) is 0.772. The fourth-order valence-corrected chi connectivity index (χ4v) is 2.10. The highest BCUT2D eigenvalue weighted by Gasteiger charge is 2.33. The van der Waals surface area contributed by atoms with Crippen LogP contribution in [-0.2, 0) is 9.59 Å². The number of carbonyl (C=O) groups is 2. The van der Waals surface area contributed by atoms with Gasteiger partial charge in [0.25, 0.3) is 0 Å². The van der Waals surface area contributed by atoms with E-state index in [1.165, 1.54) is 4.90 Å². The minimum absolute atomic E-state index is 0.202. The molecule has 0 aromatic rings. The summed E-state index contributed by atoms with van der Waals surface area (Å²) >= 11 is 0. The van der Waals surface area contributed by atoms with Crippen LogP contribution >= 0.6 is 0 Å². The van der Waals surface area contributed by atoms with E-state index in [1.807, 2.05) is 0 Å². The lowest BCUT2D eigenvalue weighted by Gasteiger charge is -2.27. The summed E-state index contributed by atoms with van der Waals surface area (Å²) in [6.45, 7) is -2.30. The molecule has 1 rings (SSSR count). The number of amides is 2. The number of halogens is 3. The molecular weight excluding hydrogens is 277 g/mol. The van der Waals surface area contributed by atoms with Gasteiger partial charge in [0.2, 0.25) is 11.8 Å². The van der Waals surface area contributed by atoms with Crippen molar-refractivity contribution in [1.82, 2.24) is 9.80 Å². The Labute approximate surface area is 115 Å². The van der Waals surface area contributed by atoms with Crippen LogP contribution in [0.4, 0.5) is 13.2 Å². The van der Waals surface area contributed by atoms with E-state index in [4.69, 9.17) is 5.11 Å². The zero-order valence-corrected chi connectivity index (χ0v) is 11.2. The van der Waals surface area contributed by atoms with Crippen molar-refractivity contribution in [2.45, 2.75) is 31.9 Å². The van der Waals surface area contributed by atoms with Crippen LogP contribution in [0.5, 0.6) is 0 Å². The summed E-state index contributed by atoms with van der Waals surface area (Å²) < 4.78 is 37.1. The molecule has 5 nitrogen and oxygen atoms in total. The van der Waals surface area contributed by atoms with Crippen molar-refractivity contribution in [3.05, 3.63) is 0 Å². The monoisotopic (exact) mass is 296 g/mol. The standard InChI is InChI=1S/C12H19F3N2O3/c13-12(14,15)9-17(6-7-18)11(20)8-16-5-3-1-2-4-10(16)19/h18H,1-9H2. The number of rotatable bonds is 5. The molecule has 0 spiro atoms. The molecule has 0 aliphatic carbocycles. The molecule has 1 fully saturated rings. The zero-order chi connectivity index (χ0) is 15.2. The molecule has 1 N–H and O–H groups in total. The number of likely N-dealkylation sites (tertiary alicyclic amines) is 1. The summed E-state index contributed by atoms with van der Waals surface area (Å²) in [5, 5.41) is 8.74. The molecule has 0 unspecified atom stereocenters. The first kappa shape index (κ1) is 16.7. The van der Waals surface area contributed by atoms with E-state index >= 15 is 0 Å². The van der Waals surface area contributed by atoms with Gasteiger partial charge in [0, 0.05) is 19.5 Å². The maximum Gasteiger partial charge on any atom is 0.406 e. The van der Waals surface area contributed by atoms with Crippen LogP contribution in [0.3, 0.4) is 0 Å². The second-order valence-corrected chi connectivity index (χ2v) is 4.78. The van der Waals surface area contributed by atoms with Crippen molar-refractivity contribution in [2.24, 2.45) is 0 Å². The molecule has 8 heteroatoms. The van der Waals surface area contributed by atoms with Crippen molar-refractivity contribution >= 4 is 11.8 Å². The number of alkyl halides is 3. The molecule has 20 heavy (non-hydrogen) atoms. The van der Waals surface area contributed by atoms with Gasteiger partial charge in [0.1, 0.15) is 6.54 Å². The van der Waals surface area contributed by atoms with E-state index in [9.17, 15) is 22.8 Å². The van der Waals surface area contributed by atoms with Gasteiger partial charge in [0.15, 0.2) is 0 Å². The lowest BCUT2D eigenvalue weighted by molar-refractivity contribution is -0.163. The van der Waals surface area contributed by atoms with Gasteiger partial charge in [-0.2, -0.15) is 13.2 Å². The van der Waals surface area contributed by atoms with Crippen LogP contribution in [0.25, 0.3) is 0 Å². The van der Waals surface area contributed by atoms with Gasteiger partial charge in [-0.1, -0.05) is 6.42 Å². The molecule has 0 atom stereocenters. The van der Waals surface area contributed by atoms with Crippen molar-refractivity contribution in [1.29, 1.82) is 0 Å². The van der Waals surface area contributed by atoms with E-state index in [1.54, 1.807) is 0 Å². The summed E-state index contributed by atoms with van der Waals surface area (Å²) in [5.74, 6) is -0.988. The predicted molar refractivity (Wildman–Crippen MR) is 64.8 cm³/mol. The topological polar surface area (TPSA) is 60.9 Å². The number of carbonyl (C=O) groups excluding carboxylic acids is 2. The Bertz CT molecular complexity index is 347. The summed E-state index contributed by atoms with van der Waals surface area (Å²) in [7, 11) is 0. The molecule has 1 saturated heterocycles. The SMILES string of the molecule is O=C1CCCCCN1CC(=O)N(CCO)CC(F)(F)F. The average molecular weight is 296 g/mol. The molecule has 0 saturated carbocycles. The van der Waals surface area contributed by atoms with Crippen LogP contribution in [0.1, 0.15) is 25.7 Å². The molecule has 0 aromatic heterocycles. The Balaban J connectivity index is 2.62. The van der Waals surface area contributed by atoms with E-state index in [-0.39, 0.29) is 19.0 Å². The van der Waals surface area contributed by atoms with Gasteiger partial charge in [-0.3, -0.25) is 9.59 Å². The minimum Gasteiger partial charge on any atom is -0.395 e. The zero-order valence-electron chi connectivity index (χ0n) is 11.2. The highest BCUT2D eigenvalue weighted by Crippen LogP contribution is 2.17. The second-order valence-electron chi connectivity index (χ2n) is 4.78. The van der Waals surface area contributed by atoms with Gasteiger partial charge in [0.05, 0.1) is 13.2 Å². The smallest absolute Gasteiger partial charge is 0.395 e. The highest BCUT2D eigenvalue weighted by molar-refractivity contribution is 5.85. The largest absolute Gasteiger partial charge is 0.406 e. The molecule has 0 aromatic carbocycles. The van der Waals surface area contributed by atoms with Crippen LogP contribution in [0, 0.1) is 0 Å². The molecular formula is C12H19F3N2O3. The molecule has 2 amide bonds. The molecule has 0 radical (unpaired) electrons. The average Bonchev–Trinajstić information content (AvgIpc) is 2.53. The first-order chi connectivity index (χ1) is 9.33. The molecule has 1 aliphatic rings. The van der Waals surface area contributed by atoms with Gasteiger partial charge in [-0.05, 0) is 12.8 Å². The normalized spacial score (nSPS) is 17.0. The van der Waals surface area contributed by atoms with Crippen molar-refractivity contribution in [3.8, 4) is 0 Å². The maximum atomic E-state index is 12.4. The van der Waals surface area contributed by atoms with E-state index in [0.717, 1.165) is 19.3 Å². The quantitative estimate of drug-likeness (QED) is 0.815. The molecule has 116 valence electrons. The van der Waals surface area contributed by atoms with Crippen LogP contribution in [0.15, 0.2) is 0 Å². The lowest BCUT2D eigenvalue weighted by Crippen LogP contribution is -2.47. The second kappa shape index (κ2) is 7.47. The van der Waals surface area contributed by atoms with Crippen LogP contribution in [-0.4, -0.2) is 65.7 Å².